The Morgan fingerprint density at radius 1 is 1.06 bits per heavy atom. The zero-order valence-corrected chi connectivity index (χ0v) is 21.6. The van der Waals surface area contributed by atoms with E-state index < -0.39 is 29.5 Å². The number of hydrogen-bond acceptors (Lipinski definition) is 0. The van der Waals surface area contributed by atoms with Crippen LogP contribution in [0.3, 0.4) is 0 Å². The summed E-state index contributed by atoms with van der Waals surface area (Å²) in [5.74, 6) is 0. The van der Waals surface area contributed by atoms with Crippen molar-refractivity contribution in [1.82, 2.24) is 0 Å². The van der Waals surface area contributed by atoms with Gasteiger partial charge in [0, 0.05) is 23.4 Å². The predicted octanol–water partition coefficient (Wildman–Crippen LogP) is 7.52. The van der Waals surface area contributed by atoms with Crippen molar-refractivity contribution in [2.24, 2.45) is 12.5 Å². The summed E-state index contributed by atoms with van der Waals surface area (Å²) in [4.78, 5) is 0. The molecule has 0 saturated heterocycles. The first-order valence-corrected chi connectivity index (χ1v) is 12.1. The maximum absolute atomic E-state index is 9.41. The highest BCUT2D eigenvalue weighted by atomic mass is 14.9. The van der Waals surface area contributed by atoms with Crippen LogP contribution in [0.2, 0.25) is 0 Å². The van der Waals surface area contributed by atoms with Gasteiger partial charge in [0.2, 0.25) is 5.69 Å². The van der Waals surface area contributed by atoms with Gasteiger partial charge in [-0.05, 0) is 82.4 Å². The van der Waals surface area contributed by atoms with Crippen molar-refractivity contribution >= 4 is 0 Å². The maximum Gasteiger partial charge on any atom is 0.216 e. The molecule has 1 heteroatoms. The zero-order chi connectivity index (χ0) is 28.4. The van der Waals surface area contributed by atoms with Crippen LogP contribution in [0.15, 0.2) is 36.5 Å². The Morgan fingerprint density at radius 3 is 2.42 bits per heavy atom. The molecule has 172 valence electrons. The first-order valence-electron chi connectivity index (χ1n) is 14.6. The van der Waals surface area contributed by atoms with Crippen molar-refractivity contribution in [2.45, 2.75) is 85.9 Å². The summed E-state index contributed by atoms with van der Waals surface area (Å²) < 4.78 is 46.1. The summed E-state index contributed by atoms with van der Waals surface area (Å²) in [6.07, 6.45) is 0.668. The van der Waals surface area contributed by atoms with Crippen LogP contribution < -0.4 is 4.57 Å². The van der Waals surface area contributed by atoms with Crippen LogP contribution in [0.1, 0.15) is 94.3 Å². The second-order valence-electron chi connectivity index (χ2n) is 12.2. The number of rotatable bonds is 1. The minimum absolute atomic E-state index is 0.109. The highest BCUT2D eigenvalue weighted by molar-refractivity contribution is 5.87. The lowest BCUT2D eigenvalue weighted by Crippen LogP contribution is -2.49. The van der Waals surface area contributed by atoms with Crippen molar-refractivity contribution < 1.29 is 11.4 Å². The van der Waals surface area contributed by atoms with Gasteiger partial charge in [-0.2, -0.15) is 0 Å². The fourth-order valence-electron chi connectivity index (χ4n) is 6.07. The number of hydrogen-bond donors (Lipinski definition) is 0. The lowest BCUT2D eigenvalue weighted by atomic mass is 9.54. The van der Waals surface area contributed by atoms with Crippen molar-refractivity contribution in [2.75, 3.05) is 0 Å². The van der Waals surface area contributed by atoms with Gasteiger partial charge < -0.3 is 0 Å². The van der Waals surface area contributed by atoms with Crippen LogP contribution in [0, 0.1) is 19.2 Å². The average Bonchev–Trinajstić information content (AvgIpc) is 3.15. The van der Waals surface area contributed by atoms with E-state index >= 15 is 0 Å². The Balaban J connectivity index is 2.00. The molecule has 0 N–H and O–H groups in total. The molecular formula is C32H40N+. The fraction of sp³-hybridized carbons (Fsp3) is 0.469. The molecule has 2 aliphatic carbocycles. The Hall–Kier alpha value is -2.41. The standard InChI is InChI=1S/C32H40N/c1-19-18-33(10)29-27-20(2)23-15-21-13-11-12-14-22(21)24(23)16-26(27)31(6,7)32(8,9)28(29)25(19)17-30(3,4)5/h11-14,16,18H,15,17H2,1-10H3/q+1/i1D3,17D2. The van der Waals surface area contributed by atoms with Crippen LogP contribution in [-0.4, -0.2) is 0 Å². The topological polar surface area (TPSA) is 3.88 Å². The lowest BCUT2D eigenvalue weighted by Gasteiger charge is -2.48. The molecule has 0 amide bonds. The van der Waals surface area contributed by atoms with Gasteiger partial charge in [-0.15, -0.1) is 0 Å². The highest BCUT2D eigenvalue weighted by Gasteiger charge is 2.52. The molecule has 0 fully saturated rings. The smallest absolute Gasteiger partial charge is 0.200 e. The minimum atomic E-state index is -2.45. The summed E-state index contributed by atoms with van der Waals surface area (Å²) in [5.41, 5.74) is 9.25. The second-order valence-corrected chi connectivity index (χ2v) is 12.2. The molecule has 5 rings (SSSR count). The average molecular weight is 444 g/mol. The fourth-order valence-corrected chi connectivity index (χ4v) is 6.07. The van der Waals surface area contributed by atoms with Gasteiger partial charge in [0.1, 0.15) is 7.05 Å². The van der Waals surface area contributed by atoms with Crippen LogP contribution in [0.4, 0.5) is 0 Å². The predicted molar refractivity (Wildman–Crippen MR) is 140 cm³/mol. The third-order valence-electron chi connectivity index (χ3n) is 8.41. The van der Waals surface area contributed by atoms with E-state index in [1.165, 1.54) is 33.4 Å². The highest BCUT2D eigenvalue weighted by Crippen LogP contribution is 2.57. The molecule has 2 aliphatic rings. The minimum Gasteiger partial charge on any atom is -0.200 e. The summed E-state index contributed by atoms with van der Waals surface area (Å²) in [7, 11) is 1.92. The summed E-state index contributed by atoms with van der Waals surface area (Å²) in [6, 6.07) is 11.0. The third-order valence-corrected chi connectivity index (χ3v) is 8.41. The molecule has 1 heterocycles. The van der Waals surface area contributed by atoms with E-state index in [1.54, 1.807) is 6.20 Å². The first-order chi connectivity index (χ1) is 17.2. The molecule has 1 nitrogen and oxygen atoms in total. The monoisotopic (exact) mass is 443 g/mol. The van der Waals surface area contributed by atoms with E-state index in [4.69, 9.17) is 4.11 Å². The van der Waals surface area contributed by atoms with Gasteiger partial charge in [-0.25, -0.2) is 4.57 Å². The molecule has 0 bridgehead atoms. The molecule has 2 aromatic carbocycles. The van der Waals surface area contributed by atoms with E-state index in [2.05, 4.69) is 65.0 Å². The summed E-state index contributed by atoms with van der Waals surface area (Å²) in [6.45, 7) is 14.1. The van der Waals surface area contributed by atoms with Gasteiger partial charge in [-0.3, -0.25) is 0 Å². The summed E-state index contributed by atoms with van der Waals surface area (Å²) in [5, 5.41) is 0. The van der Waals surface area contributed by atoms with Crippen LogP contribution in [0.25, 0.3) is 22.4 Å². The first kappa shape index (κ1) is 17.1. The molecule has 0 spiro atoms. The van der Waals surface area contributed by atoms with E-state index in [0.717, 1.165) is 23.2 Å². The van der Waals surface area contributed by atoms with E-state index in [-0.39, 0.29) is 5.56 Å². The van der Waals surface area contributed by atoms with E-state index in [1.807, 2.05) is 32.4 Å². The van der Waals surface area contributed by atoms with E-state index in [0.29, 0.717) is 5.56 Å². The molecule has 33 heavy (non-hydrogen) atoms. The Bertz CT molecular complexity index is 1500. The Morgan fingerprint density at radius 2 is 1.76 bits per heavy atom. The SMILES string of the molecule is [2H]C([2H])([2H])c1c[n+](C)c2c(c1C([2H])([2H])C(C)(C)C)C(C)(C)C(C)(C)c1cc3c(c(C)c1-2)Cc1ccccc1-3. The maximum atomic E-state index is 9.41. The molecule has 0 saturated carbocycles. The van der Waals surface area contributed by atoms with Crippen LogP contribution >= 0.6 is 0 Å². The number of aryl methyl sites for hydroxylation is 2. The molecule has 0 atom stereocenters. The normalized spacial score (nSPS) is 20.3. The largest absolute Gasteiger partial charge is 0.216 e. The molecule has 0 radical (unpaired) electrons. The number of aromatic nitrogens is 1. The van der Waals surface area contributed by atoms with Gasteiger partial charge in [0.15, 0.2) is 6.20 Å². The number of pyridine rings is 1. The van der Waals surface area contributed by atoms with Gasteiger partial charge >= 0.3 is 0 Å². The molecule has 1 aromatic heterocycles. The zero-order valence-electron chi connectivity index (χ0n) is 26.6. The van der Waals surface area contributed by atoms with Crippen LogP contribution in [0.5, 0.6) is 0 Å². The Kier molecular flexibility index (Phi) is 3.53. The number of nitrogens with zero attached hydrogens (tertiary/aromatic N) is 1. The third kappa shape index (κ3) is 3.00. The summed E-state index contributed by atoms with van der Waals surface area (Å²) >= 11 is 0. The van der Waals surface area contributed by atoms with Crippen molar-refractivity contribution in [3.63, 3.8) is 0 Å². The van der Waals surface area contributed by atoms with Crippen molar-refractivity contribution in [3.8, 4) is 22.4 Å². The Labute approximate surface area is 207 Å². The molecule has 0 aliphatic heterocycles. The van der Waals surface area contributed by atoms with Gasteiger partial charge in [0.25, 0.3) is 0 Å². The molecule has 0 unspecified atom stereocenters. The van der Waals surface area contributed by atoms with Crippen LogP contribution in [-0.2, 0) is 30.7 Å². The second kappa shape index (κ2) is 6.81. The molecule has 3 aromatic rings. The lowest BCUT2D eigenvalue weighted by molar-refractivity contribution is -0.661. The van der Waals surface area contributed by atoms with Gasteiger partial charge in [-0.1, -0.05) is 72.7 Å². The number of benzene rings is 2. The quantitative estimate of drug-likeness (QED) is 0.268. The van der Waals surface area contributed by atoms with Crippen molar-refractivity contribution in [1.29, 1.82) is 0 Å². The van der Waals surface area contributed by atoms with Crippen molar-refractivity contribution in [3.05, 3.63) is 75.5 Å². The van der Waals surface area contributed by atoms with E-state index in [9.17, 15) is 2.74 Å². The molecular weight excluding hydrogens is 398 g/mol. The van der Waals surface area contributed by atoms with Gasteiger partial charge in [0.05, 0.1) is 5.56 Å². The number of fused-ring (bicyclic) bond motifs is 6.